The normalized spacial score (nSPS) is 10.4. The molecule has 0 aliphatic rings. The number of rotatable bonds is 2. The first-order valence-electron chi connectivity index (χ1n) is 4.95. The van der Waals surface area contributed by atoms with E-state index in [9.17, 15) is 4.79 Å². The van der Waals surface area contributed by atoms with Crippen LogP contribution in [0.25, 0.3) is 11.1 Å². The number of halogens is 2. The Morgan fingerprint density at radius 3 is 2.78 bits per heavy atom. The summed E-state index contributed by atoms with van der Waals surface area (Å²) in [5, 5.41) is 2.78. The van der Waals surface area contributed by atoms with Gasteiger partial charge in [0.2, 0.25) is 0 Å². The Kier molecular flexibility index (Phi) is 3.94. The van der Waals surface area contributed by atoms with Crippen molar-refractivity contribution in [1.82, 2.24) is 0 Å². The van der Waals surface area contributed by atoms with E-state index in [0.29, 0.717) is 21.2 Å². The second kappa shape index (κ2) is 5.30. The first-order chi connectivity index (χ1) is 8.54. The van der Waals surface area contributed by atoms with Crippen LogP contribution in [-0.2, 0) is 4.74 Å². The number of esters is 1. The van der Waals surface area contributed by atoms with Crippen LogP contribution in [0.2, 0.25) is 5.02 Å². The number of hydrogen-bond acceptors (Lipinski definition) is 4. The molecule has 0 saturated heterocycles. The molecular formula is C12H9BrClNO2S. The fourth-order valence-electron chi connectivity index (χ4n) is 1.59. The maximum atomic E-state index is 11.7. The summed E-state index contributed by atoms with van der Waals surface area (Å²) in [4.78, 5) is 11.7. The highest BCUT2D eigenvalue weighted by Gasteiger charge is 2.20. The van der Waals surface area contributed by atoms with E-state index in [4.69, 9.17) is 22.1 Å². The third kappa shape index (κ3) is 2.39. The number of ether oxygens (including phenoxy) is 1. The van der Waals surface area contributed by atoms with Crippen LogP contribution >= 0.6 is 38.9 Å². The number of nitrogen functional groups attached to an aromatic ring is 1. The van der Waals surface area contributed by atoms with E-state index in [1.54, 1.807) is 11.4 Å². The van der Waals surface area contributed by atoms with Gasteiger partial charge in [-0.2, -0.15) is 0 Å². The predicted octanol–water partition coefficient (Wildman–Crippen LogP) is 4.20. The van der Waals surface area contributed by atoms with Gasteiger partial charge in [-0.15, -0.1) is 11.3 Å². The van der Waals surface area contributed by atoms with E-state index in [1.807, 2.05) is 12.1 Å². The summed E-state index contributed by atoms with van der Waals surface area (Å²) in [7, 11) is 1.33. The standard InChI is InChI=1S/C12H9BrClNO2S/c1-17-12(16)10-8(5-18-11(10)15)7-3-2-6(13)4-9(7)14/h2-5H,15H2,1H3. The van der Waals surface area contributed by atoms with Crippen molar-refractivity contribution in [3.8, 4) is 11.1 Å². The number of hydrogen-bond donors (Lipinski definition) is 1. The third-order valence-electron chi connectivity index (χ3n) is 2.43. The minimum absolute atomic E-state index is 0.367. The van der Waals surface area contributed by atoms with Gasteiger partial charge >= 0.3 is 5.97 Å². The summed E-state index contributed by atoms with van der Waals surface area (Å²) in [5.74, 6) is -0.456. The Hall–Kier alpha value is -1.04. The molecule has 0 radical (unpaired) electrons. The Bertz CT molecular complexity index is 612. The molecule has 18 heavy (non-hydrogen) atoms. The first kappa shape index (κ1) is 13.4. The van der Waals surface area contributed by atoms with Crippen LogP contribution in [0.1, 0.15) is 10.4 Å². The summed E-state index contributed by atoms with van der Waals surface area (Å²) in [6.45, 7) is 0. The van der Waals surface area contributed by atoms with Gasteiger partial charge in [-0.25, -0.2) is 4.79 Å². The number of benzene rings is 1. The highest BCUT2D eigenvalue weighted by Crippen LogP contribution is 2.38. The van der Waals surface area contributed by atoms with Crippen molar-refractivity contribution >= 4 is 49.8 Å². The second-order valence-electron chi connectivity index (χ2n) is 3.50. The minimum atomic E-state index is -0.456. The molecule has 2 N–H and O–H groups in total. The van der Waals surface area contributed by atoms with Crippen LogP contribution in [0.4, 0.5) is 5.00 Å². The lowest BCUT2D eigenvalue weighted by Gasteiger charge is -2.06. The van der Waals surface area contributed by atoms with E-state index in [2.05, 4.69) is 15.9 Å². The molecule has 0 atom stereocenters. The number of carbonyl (C=O) groups excluding carboxylic acids is 1. The lowest BCUT2D eigenvalue weighted by atomic mass is 10.0. The van der Waals surface area contributed by atoms with E-state index in [0.717, 1.165) is 10.0 Å². The van der Waals surface area contributed by atoms with Crippen LogP contribution in [0.15, 0.2) is 28.1 Å². The molecule has 0 amide bonds. The van der Waals surface area contributed by atoms with Crippen LogP contribution in [0.3, 0.4) is 0 Å². The maximum Gasteiger partial charge on any atom is 0.341 e. The van der Waals surface area contributed by atoms with Crippen molar-refractivity contribution < 1.29 is 9.53 Å². The molecule has 1 aromatic carbocycles. The fourth-order valence-corrected chi connectivity index (χ4v) is 3.17. The zero-order chi connectivity index (χ0) is 13.3. The SMILES string of the molecule is COC(=O)c1c(-c2ccc(Br)cc2Cl)csc1N. The molecular weight excluding hydrogens is 338 g/mol. The third-order valence-corrected chi connectivity index (χ3v) is 4.05. The molecule has 1 aromatic heterocycles. The minimum Gasteiger partial charge on any atom is -0.465 e. The highest BCUT2D eigenvalue weighted by atomic mass is 79.9. The molecule has 0 bridgehead atoms. The lowest BCUT2D eigenvalue weighted by molar-refractivity contribution is 0.0603. The van der Waals surface area contributed by atoms with Gasteiger partial charge in [0.15, 0.2) is 0 Å². The summed E-state index contributed by atoms with van der Waals surface area (Å²) in [6, 6.07) is 5.46. The largest absolute Gasteiger partial charge is 0.465 e. The Labute approximate surface area is 122 Å². The maximum absolute atomic E-state index is 11.7. The first-order valence-corrected chi connectivity index (χ1v) is 7.00. The molecule has 3 nitrogen and oxygen atoms in total. The zero-order valence-corrected chi connectivity index (χ0v) is 12.5. The molecule has 1 heterocycles. The van der Waals surface area contributed by atoms with Crippen LogP contribution in [0, 0.1) is 0 Å². The molecule has 2 aromatic rings. The Morgan fingerprint density at radius 2 is 2.17 bits per heavy atom. The monoisotopic (exact) mass is 345 g/mol. The van der Waals surface area contributed by atoms with Crippen molar-refractivity contribution in [2.24, 2.45) is 0 Å². The number of carbonyl (C=O) groups is 1. The van der Waals surface area contributed by atoms with E-state index in [-0.39, 0.29) is 0 Å². The number of nitrogens with two attached hydrogens (primary N) is 1. The van der Waals surface area contributed by atoms with Gasteiger partial charge < -0.3 is 10.5 Å². The van der Waals surface area contributed by atoms with Crippen molar-refractivity contribution in [3.63, 3.8) is 0 Å². The van der Waals surface area contributed by atoms with Gasteiger partial charge in [0.1, 0.15) is 10.6 Å². The van der Waals surface area contributed by atoms with Gasteiger partial charge in [-0.05, 0) is 12.1 Å². The van der Waals surface area contributed by atoms with Crippen molar-refractivity contribution in [2.45, 2.75) is 0 Å². The van der Waals surface area contributed by atoms with E-state index >= 15 is 0 Å². The quantitative estimate of drug-likeness (QED) is 0.829. The molecule has 0 aliphatic heterocycles. The highest BCUT2D eigenvalue weighted by molar-refractivity contribution is 9.10. The Balaban J connectivity index is 2.61. The molecule has 0 spiro atoms. The second-order valence-corrected chi connectivity index (χ2v) is 5.74. The molecule has 2 rings (SSSR count). The molecule has 6 heteroatoms. The van der Waals surface area contributed by atoms with Crippen LogP contribution in [0.5, 0.6) is 0 Å². The number of methoxy groups -OCH3 is 1. The van der Waals surface area contributed by atoms with Crippen molar-refractivity contribution in [3.05, 3.63) is 38.6 Å². The van der Waals surface area contributed by atoms with Crippen LogP contribution < -0.4 is 5.73 Å². The summed E-state index contributed by atoms with van der Waals surface area (Å²) < 4.78 is 5.61. The fraction of sp³-hybridized carbons (Fsp3) is 0.0833. The van der Waals surface area contributed by atoms with E-state index < -0.39 is 5.97 Å². The molecule has 0 saturated carbocycles. The van der Waals surface area contributed by atoms with Crippen LogP contribution in [-0.4, -0.2) is 13.1 Å². The van der Waals surface area contributed by atoms with Gasteiger partial charge in [0.25, 0.3) is 0 Å². The van der Waals surface area contributed by atoms with Gasteiger partial charge in [-0.1, -0.05) is 33.6 Å². The average Bonchev–Trinajstić information content (AvgIpc) is 2.70. The van der Waals surface area contributed by atoms with E-state index in [1.165, 1.54) is 18.4 Å². The Morgan fingerprint density at radius 1 is 1.44 bits per heavy atom. The topological polar surface area (TPSA) is 52.3 Å². The number of thiophene rings is 1. The van der Waals surface area contributed by atoms with Crippen molar-refractivity contribution in [1.29, 1.82) is 0 Å². The molecule has 94 valence electrons. The molecule has 0 fully saturated rings. The van der Waals surface area contributed by atoms with Gasteiger partial charge in [0.05, 0.1) is 7.11 Å². The van der Waals surface area contributed by atoms with Gasteiger partial charge in [-0.3, -0.25) is 0 Å². The summed E-state index contributed by atoms with van der Waals surface area (Å²) in [5.41, 5.74) is 7.62. The summed E-state index contributed by atoms with van der Waals surface area (Å²) in [6.07, 6.45) is 0. The van der Waals surface area contributed by atoms with Gasteiger partial charge in [0, 0.05) is 26.0 Å². The number of anilines is 1. The smallest absolute Gasteiger partial charge is 0.341 e. The molecule has 0 aliphatic carbocycles. The van der Waals surface area contributed by atoms with Crippen molar-refractivity contribution in [2.75, 3.05) is 12.8 Å². The summed E-state index contributed by atoms with van der Waals surface area (Å²) >= 11 is 10.8. The predicted molar refractivity (Wildman–Crippen MR) is 78.2 cm³/mol. The molecule has 0 unspecified atom stereocenters. The lowest BCUT2D eigenvalue weighted by Crippen LogP contribution is -2.04. The zero-order valence-electron chi connectivity index (χ0n) is 9.37. The average molecular weight is 347 g/mol.